The summed E-state index contributed by atoms with van der Waals surface area (Å²) in [5, 5.41) is 7.22. The first-order valence-electron chi connectivity index (χ1n) is 9.24. The van der Waals surface area contributed by atoms with Crippen LogP contribution in [0.3, 0.4) is 0 Å². The number of amidine groups is 1. The van der Waals surface area contributed by atoms with E-state index in [4.69, 9.17) is 0 Å². The van der Waals surface area contributed by atoms with Gasteiger partial charge in [0.15, 0.2) is 5.83 Å². The number of H-pyrrole nitrogens is 1. The van der Waals surface area contributed by atoms with E-state index in [1.165, 1.54) is 0 Å². The van der Waals surface area contributed by atoms with Crippen LogP contribution in [0.15, 0.2) is 41.2 Å². The molecule has 8 heteroatoms. The predicted molar refractivity (Wildman–Crippen MR) is 102 cm³/mol. The van der Waals surface area contributed by atoms with Crippen molar-refractivity contribution in [1.82, 2.24) is 25.5 Å². The predicted octanol–water partition coefficient (Wildman–Crippen LogP) is 1.90. The maximum Gasteiger partial charge on any atom is 0.219 e. The fourth-order valence-electron chi connectivity index (χ4n) is 3.66. The lowest BCUT2D eigenvalue weighted by molar-refractivity contribution is -0.130. The molecule has 0 radical (unpaired) electrons. The average molecular weight is 370 g/mol. The van der Waals surface area contributed by atoms with Crippen LogP contribution in [-0.2, 0) is 4.79 Å². The quantitative estimate of drug-likeness (QED) is 0.767. The summed E-state index contributed by atoms with van der Waals surface area (Å²) in [6.45, 7) is 3.74. The van der Waals surface area contributed by atoms with Crippen molar-refractivity contribution in [3.8, 4) is 0 Å². The van der Waals surface area contributed by atoms with Gasteiger partial charge in [-0.05, 0) is 30.9 Å². The first-order valence-corrected chi connectivity index (χ1v) is 9.24. The molecule has 1 fully saturated rings. The molecule has 2 aromatic heterocycles. The van der Waals surface area contributed by atoms with Gasteiger partial charge < -0.3 is 20.5 Å². The Kier molecular flexibility index (Phi) is 4.79. The van der Waals surface area contributed by atoms with Gasteiger partial charge in [0, 0.05) is 49.9 Å². The lowest BCUT2D eigenvalue weighted by Gasteiger charge is -2.32. The molecular formula is C19H23FN6O. The second-order valence-corrected chi connectivity index (χ2v) is 7.03. The highest BCUT2D eigenvalue weighted by molar-refractivity contribution is 6.09. The lowest BCUT2D eigenvalue weighted by atomic mass is 9.98. The zero-order valence-corrected chi connectivity index (χ0v) is 15.3. The van der Waals surface area contributed by atoms with Crippen molar-refractivity contribution in [2.75, 3.05) is 26.2 Å². The first-order chi connectivity index (χ1) is 13.1. The Morgan fingerprint density at radius 2 is 2.37 bits per heavy atom. The van der Waals surface area contributed by atoms with Crippen LogP contribution in [0.2, 0.25) is 0 Å². The summed E-state index contributed by atoms with van der Waals surface area (Å²) in [5.74, 6) is 1.08. The minimum Gasteiger partial charge on any atom is -0.369 e. The van der Waals surface area contributed by atoms with Crippen LogP contribution >= 0.6 is 0 Å². The third kappa shape index (κ3) is 3.65. The van der Waals surface area contributed by atoms with Crippen LogP contribution in [0.25, 0.3) is 11.0 Å². The van der Waals surface area contributed by atoms with Gasteiger partial charge in [0.2, 0.25) is 5.91 Å². The maximum atomic E-state index is 14.3. The van der Waals surface area contributed by atoms with E-state index >= 15 is 0 Å². The Bertz CT molecular complexity index is 918. The van der Waals surface area contributed by atoms with E-state index in [0.717, 1.165) is 36.0 Å². The molecule has 7 nitrogen and oxygen atoms in total. The van der Waals surface area contributed by atoms with Gasteiger partial charge in [0.05, 0.1) is 6.54 Å². The van der Waals surface area contributed by atoms with Crippen LogP contribution < -0.4 is 10.6 Å². The topological polar surface area (TPSA) is 85.4 Å². The van der Waals surface area contributed by atoms with Crippen molar-refractivity contribution in [3.63, 3.8) is 0 Å². The molecule has 4 heterocycles. The third-order valence-electron chi connectivity index (χ3n) is 5.13. The molecule has 4 rings (SSSR count). The molecule has 1 saturated heterocycles. The van der Waals surface area contributed by atoms with Crippen LogP contribution in [0.1, 0.15) is 25.3 Å². The van der Waals surface area contributed by atoms with Crippen LogP contribution in [0.5, 0.6) is 0 Å². The molecule has 142 valence electrons. The van der Waals surface area contributed by atoms with Gasteiger partial charge in [-0.3, -0.25) is 9.79 Å². The molecule has 27 heavy (non-hydrogen) atoms. The average Bonchev–Trinajstić information content (AvgIpc) is 3.12. The number of aromatic nitrogens is 2. The van der Waals surface area contributed by atoms with Crippen molar-refractivity contribution in [2.24, 2.45) is 10.9 Å². The summed E-state index contributed by atoms with van der Waals surface area (Å²) in [6, 6.07) is 3.82. The number of aromatic amines is 1. The summed E-state index contributed by atoms with van der Waals surface area (Å²) in [5.41, 5.74) is 1.64. The number of pyridine rings is 1. The molecule has 1 amide bonds. The number of likely N-dealkylation sites (tertiary alicyclic amines) is 1. The maximum absolute atomic E-state index is 14.3. The summed E-state index contributed by atoms with van der Waals surface area (Å²) in [7, 11) is 0. The Morgan fingerprint density at radius 3 is 3.22 bits per heavy atom. The highest BCUT2D eigenvalue weighted by atomic mass is 19.1. The Hall–Kier alpha value is -2.90. The zero-order chi connectivity index (χ0) is 18.8. The van der Waals surface area contributed by atoms with Gasteiger partial charge in [-0.1, -0.05) is 0 Å². The number of amides is 1. The Balaban J connectivity index is 1.42. The highest BCUT2D eigenvalue weighted by Crippen LogP contribution is 2.20. The first kappa shape index (κ1) is 17.5. The van der Waals surface area contributed by atoms with E-state index < -0.39 is 0 Å². The number of piperidine rings is 1. The fourth-order valence-corrected chi connectivity index (χ4v) is 3.66. The van der Waals surface area contributed by atoms with Crippen molar-refractivity contribution in [2.45, 2.75) is 19.8 Å². The molecule has 2 aromatic rings. The highest BCUT2D eigenvalue weighted by Gasteiger charge is 2.23. The molecular weight excluding hydrogens is 347 g/mol. The molecule has 0 spiro atoms. The van der Waals surface area contributed by atoms with Crippen molar-refractivity contribution < 1.29 is 9.18 Å². The Labute approximate surface area is 156 Å². The fraction of sp³-hybridized carbons (Fsp3) is 0.421. The number of fused-ring (bicyclic) bond motifs is 1. The number of carbonyl (C=O) groups excluding carboxylic acids is 1. The second kappa shape index (κ2) is 7.38. The molecule has 2 aliphatic heterocycles. The van der Waals surface area contributed by atoms with E-state index in [1.54, 1.807) is 13.1 Å². The summed E-state index contributed by atoms with van der Waals surface area (Å²) >= 11 is 0. The van der Waals surface area contributed by atoms with Gasteiger partial charge in [-0.15, -0.1) is 0 Å². The Morgan fingerprint density at radius 1 is 1.48 bits per heavy atom. The van der Waals surface area contributed by atoms with E-state index in [9.17, 15) is 9.18 Å². The number of hydrogen-bond donors (Lipinski definition) is 3. The number of halogens is 1. The number of hydrogen-bond acceptors (Lipinski definition) is 5. The largest absolute Gasteiger partial charge is 0.369 e. The van der Waals surface area contributed by atoms with Crippen LogP contribution in [0.4, 0.5) is 4.39 Å². The number of carbonyl (C=O) groups is 1. The summed E-state index contributed by atoms with van der Waals surface area (Å²) < 4.78 is 14.3. The van der Waals surface area contributed by atoms with Crippen LogP contribution in [0, 0.1) is 5.92 Å². The number of nitrogens with one attached hydrogen (secondary N) is 3. The minimum atomic E-state index is -0.309. The molecule has 0 aromatic carbocycles. The molecule has 0 bridgehead atoms. The SMILES string of the molecule is CC(=O)N1CCC[C@H](CNC2=C(F)CN=C(c3c[nH]c4ncccc34)N2)C1. The van der Waals surface area contributed by atoms with Gasteiger partial charge in [-0.25, -0.2) is 9.37 Å². The minimum absolute atomic E-state index is 0.00183. The van der Waals surface area contributed by atoms with E-state index in [-0.39, 0.29) is 18.3 Å². The van der Waals surface area contributed by atoms with E-state index in [0.29, 0.717) is 30.7 Å². The molecule has 0 saturated carbocycles. The van der Waals surface area contributed by atoms with Gasteiger partial charge in [0.25, 0.3) is 0 Å². The number of aliphatic imine (C=N–C) groups is 1. The standard InChI is InChI=1S/C19H23FN6O/c1-12(27)26-7-3-4-13(11-26)8-22-19-16(20)10-24-18(25-19)15-9-23-17-14(15)5-2-6-21-17/h2,5-6,9,13,22H,3-4,7-8,10-11H2,1H3,(H,21,23)(H,24,25)/t13-/m1/s1. The zero-order valence-electron chi connectivity index (χ0n) is 15.3. The van der Waals surface area contributed by atoms with E-state index in [1.807, 2.05) is 23.2 Å². The molecule has 1 atom stereocenters. The van der Waals surface area contributed by atoms with Crippen LogP contribution in [-0.4, -0.2) is 52.8 Å². The third-order valence-corrected chi connectivity index (χ3v) is 5.13. The van der Waals surface area contributed by atoms with Gasteiger partial charge in [-0.2, -0.15) is 0 Å². The smallest absolute Gasteiger partial charge is 0.219 e. The van der Waals surface area contributed by atoms with Crippen molar-refractivity contribution in [1.29, 1.82) is 0 Å². The molecule has 3 N–H and O–H groups in total. The molecule has 2 aliphatic rings. The van der Waals surface area contributed by atoms with Gasteiger partial charge >= 0.3 is 0 Å². The number of nitrogens with zero attached hydrogens (tertiary/aromatic N) is 3. The lowest BCUT2D eigenvalue weighted by Crippen LogP contribution is -2.44. The second-order valence-electron chi connectivity index (χ2n) is 7.03. The van der Waals surface area contributed by atoms with Crippen molar-refractivity contribution >= 4 is 22.8 Å². The monoisotopic (exact) mass is 370 g/mol. The van der Waals surface area contributed by atoms with Gasteiger partial charge in [0.1, 0.15) is 17.3 Å². The molecule has 0 aliphatic carbocycles. The summed E-state index contributed by atoms with van der Waals surface area (Å²) in [6.07, 6.45) is 5.56. The normalized spacial score (nSPS) is 20.4. The van der Waals surface area contributed by atoms with Crippen molar-refractivity contribution in [3.05, 3.63) is 41.7 Å². The number of rotatable bonds is 4. The summed E-state index contributed by atoms with van der Waals surface area (Å²) in [4.78, 5) is 25.1. The molecule has 0 unspecified atom stereocenters. The van der Waals surface area contributed by atoms with E-state index in [2.05, 4.69) is 25.6 Å².